The second-order valence-electron chi connectivity index (χ2n) is 4.20. The van der Waals surface area contributed by atoms with Crippen LogP contribution in [-0.2, 0) is 11.3 Å². The van der Waals surface area contributed by atoms with Crippen LogP contribution in [0.1, 0.15) is 12.0 Å². The minimum absolute atomic E-state index is 0.121. The number of hydrogen-bond donors (Lipinski definition) is 0. The lowest BCUT2D eigenvalue weighted by Gasteiger charge is -2.16. The van der Waals surface area contributed by atoms with Crippen LogP contribution in [0, 0.1) is 11.6 Å². The molecule has 1 aromatic carbocycles. The van der Waals surface area contributed by atoms with E-state index in [4.69, 9.17) is 4.74 Å². The third kappa shape index (κ3) is 2.84. The first-order valence-corrected chi connectivity index (χ1v) is 6.28. The first-order chi connectivity index (χ1) is 8.11. The molecule has 0 N–H and O–H groups in total. The molecule has 1 saturated heterocycles. The molecule has 2 rings (SSSR count). The summed E-state index contributed by atoms with van der Waals surface area (Å²) in [4.78, 5) is 2.00. The van der Waals surface area contributed by atoms with E-state index >= 15 is 0 Å². The zero-order valence-electron chi connectivity index (χ0n) is 9.55. The summed E-state index contributed by atoms with van der Waals surface area (Å²) in [6.45, 7) is 1.82. The van der Waals surface area contributed by atoms with Gasteiger partial charge < -0.3 is 4.74 Å². The van der Waals surface area contributed by atoms with E-state index in [1.807, 2.05) is 4.90 Å². The van der Waals surface area contributed by atoms with E-state index in [2.05, 4.69) is 15.9 Å². The van der Waals surface area contributed by atoms with Gasteiger partial charge in [0.1, 0.15) is 11.6 Å². The summed E-state index contributed by atoms with van der Waals surface area (Å²) in [6, 6.07) is 2.67. The summed E-state index contributed by atoms with van der Waals surface area (Å²) in [5.41, 5.74) is 0.121. The molecule has 1 aliphatic rings. The highest BCUT2D eigenvalue weighted by Crippen LogP contribution is 2.24. The zero-order valence-corrected chi connectivity index (χ0v) is 11.1. The number of likely N-dealkylation sites (tertiary alicyclic amines) is 1. The van der Waals surface area contributed by atoms with Crippen molar-refractivity contribution in [2.75, 3.05) is 20.2 Å². The van der Waals surface area contributed by atoms with E-state index in [9.17, 15) is 8.78 Å². The summed E-state index contributed by atoms with van der Waals surface area (Å²) in [6.07, 6.45) is 1.08. The summed E-state index contributed by atoms with van der Waals surface area (Å²) >= 11 is 3.07. The molecule has 94 valence electrons. The Morgan fingerprint density at radius 1 is 1.47 bits per heavy atom. The molecule has 0 aromatic heterocycles. The van der Waals surface area contributed by atoms with Gasteiger partial charge in [-0.15, -0.1) is 0 Å². The first-order valence-electron chi connectivity index (χ1n) is 5.49. The predicted octanol–water partition coefficient (Wildman–Crippen LogP) is 2.95. The second-order valence-corrected chi connectivity index (χ2v) is 5.06. The Bertz CT molecular complexity index is 414. The van der Waals surface area contributed by atoms with Crippen LogP contribution in [0.5, 0.6) is 0 Å². The van der Waals surface area contributed by atoms with Crippen molar-refractivity contribution in [3.63, 3.8) is 0 Å². The fraction of sp³-hybridized carbons (Fsp3) is 0.500. The van der Waals surface area contributed by atoms with Gasteiger partial charge in [-0.2, -0.15) is 0 Å². The van der Waals surface area contributed by atoms with Gasteiger partial charge in [-0.1, -0.05) is 0 Å². The van der Waals surface area contributed by atoms with Gasteiger partial charge in [0.25, 0.3) is 0 Å². The standard InChI is InChI=1S/C12H14BrF2NO/c1-17-8-4-5-16(6-8)7-9-11(14)3-2-10(13)12(9)15/h2-3,8H,4-7H2,1H3/t8-/m1/s1. The number of rotatable bonds is 3. The maximum atomic E-state index is 13.8. The molecule has 17 heavy (non-hydrogen) atoms. The lowest BCUT2D eigenvalue weighted by molar-refractivity contribution is 0.107. The number of hydrogen-bond acceptors (Lipinski definition) is 2. The van der Waals surface area contributed by atoms with Gasteiger partial charge >= 0.3 is 0 Å². The van der Waals surface area contributed by atoms with E-state index in [0.717, 1.165) is 19.5 Å². The van der Waals surface area contributed by atoms with Crippen LogP contribution in [0.25, 0.3) is 0 Å². The molecule has 1 aliphatic heterocycles. The second kappa shape index (κ2) is 5.42. The quantitative estimate of drug-likeness (QED) is 0.796. The van der Waals surface area contributed by atoms with E-state index in [1.165, 1.54) is 12.1 Å². The van der Waals surface area contributed by atoms with Crippen molar-refractivity contribution in [1.82, 2.24) is 4.90 Å². The smallest absolute Gasteiger partial charge is 0.144 e. The number of nitrogens with zero attached hydrogens (tertiary/aromatic N) is 1. The third-order valence-electron chi connectivity index (χ3n) is 3.08. The summed E-state index contributed by atoms with van der Waals surface area (Å²) in [5.74, 6) is -1.00. The highest BCUT2D eigenvalue weighted by Gasteiger charge is 2.24. The van der Waals surface area contributed by atoms with Crippen LogP contribution in [0.3, 0.4) is 0 Å². The highest BCUT2D eigenvalue weighted by molar-refractivity contribution is 9.10. The Kier molecular flexibility index (Phi) is 4.12. The molecule has 1 aromatic rings. The van der Waals surface area contributed by atoms with Crippen molar-refractivity contribution in [3.05, 3.63) is 33.8 Å². The van der Waals surface area contributed by atoms with E-state index in [1.54, 1.807) is 7.11 Å². The first kappa shape index (κ1) is 12.9. The SMILES string of the molecule is CO[C@@H]1CCN(Cc2c(F)ccc(Br)c2F)C1. The van der Waals surface area contributed by atoms with Crippen molar-refractivity contribution in [2.24, 2.45) is 0 Å². The van der Waals surface area contributed by atoms with Crippen molar-refractivity contribution < 1.29 is 13.5 Å². The fourth-order valence-corrected chi connectivity index (χ4v) is 2.44. The highest BCUT2D eigenvalue weighted by atomic mass is 79.9. The van der Waals surface area contributed by atoms with Gasteiger partial charge in [0.15, 0.2) is 0 Å². The molecule has 0 saturated carbocycles. The average Bonchev–Trinajstić information content (AvgIpc) is 2.77. The van der Waals surface area contributed by atoms with Crippen LogP contribution in [0.2, 0.25) is 0 Å². The maximum Gasteiger partial charge on any atom is 0.144 e. The van der Waals surface area contributed by atoms with Crippen molar-refractivity contribution in [3.8, 4) is 0 Å². The Labute approximate surface area is 108 Å². The van der Waals surface area contributed by atoms with Crippen molar-refractivity contribution in [1.29, 1.82) is 0 Å². The fourth-order valence-electron chi connectivity index (χ4n) is 2.07. The normalized spacial score (nSPS) is 21.1. The molecule has 0 aliphatic carbocycles. The Morgan fingerprint density at radius 3 is 2.88 bits per heavy atom. The van der Waals surface area contributed by atoms with Gasteiger partial charge in [0.2, 0.25) is 0 Å². The molecule has 1 atom stereocenters. The number of ether oxygens (including phenoxy) is 1. The Hall–Kier alpha value is -0.520. The number of benzene rings is 1. The maximum absolute atomic E-state index is 13.8. The van der Waals surface area contributed by atoms with Gasteiger partial charge in [-0.3, -0.25) is 4.90 Å². The summed E-state index contributed by atoms with van der Waals surface area (Å²) in [5, 5.41) is 0. The topological polar surface area (TPSA) is 12.5 Å². The van der Waals surface area contributed by atoms with Crippen molar-refractivity contribution in [2.45, 2.75) is 19.1 Å². The Morgan fingerprint density at radius 2 is 2.24 bits per heavy atom. The molecule has 1 fully saturated rings. The summed E-state index contributed by atoms with van der Waals surface area (Å²) in [7, 11) is 1.66. The third-order valence-corrected chi connectivity index (χ3v) is 3.70. The van der Waals surface area contributed by atoms with E-state index in [0.29, 0.717) is 4.47 Å². The monoisotopic (exact) mass is 305 g/mol. The van der Waals surface area contributed by atoms with Crippen molar-refractivity contribution >= 4 is 15.9 Å². The van der Waals surface area contributed by atoms with Crippen LogP contribution in [0.15, 0.2) is 16.6 Å². The van der Waals surface area contributed by atoms with E-state index < -0.39 is 11.6 Å². The van der Waals surface area contributed by atoms with Crippen LogP contribution in [0.4, 0.5) is 8.78 Å². The molecular formula is C12H14BrF2NO. The predicted molar refractivity (Wildman–Crippen MR) is 64.7 cm³/mol. The van der Waals surface area contributed by atoms with Gasteiger partial charge in [-0.25, -0.2) is 8.78 Å². The molecular weight excluding hydrogens is 292 g/mol. The minimum atomic E-state index is -0.508. The molecule has 2 nitrogen and oxygen atoms in total. The molecule has 0 spiro atoms. The Balaban J connectivity index is 2.11. The lowest BCUT2D eigenvalue weighted by atomic mass is 10.2. The van der Waals surface area contributed by atoms with Crippen LogP contribution >= 0.6 is 15.9 Å². The van der Waals surface area contributed by atoms with Gasteiger partial charge in [-0.05, 0) is 34.5 Å². The van der Waals surface area contributed by atoms with Gasteiger partial charge in [0.05, 0.1) is 10.6 Å². The average molecular weight is 306 g/mol. The minimum Gasteiger partial charge on any atom is -0.380 e. The molecule has 0 unspecified atom stereocenters. The molecule has 1 heterocycles. The molecule has 0 bridgehead atoms. The van der Waals surface area contributed by atoms with Gasteiger partial charge in [0, 0.05) is 32.3 Å². The lowest BCUT2D eigenvalue weighted by Crippen LogP contribution is -2.23. The largest absolute Gasteiger partial charge is 0.380 e. The van der Waals surface area contributed by atoms with Crippen LogP contribution in [-0.4, -0.2) is 31.2 Å². The molecule has 0 radical (unpaired) electrons. The number of methoxy groups -OCH3 is 1. The van der Waals surface area contributed by atoms with Crippen LogP contribution < -0.4 is 0 Å². The van der Waals surface area contributed by atoms with E-state index in [-0.39, 0.29) is 18.2 Å². The molecule has 0 amide bonds. The molecule has 5 heteroatoms. The summed E-state index contributed by atoms with van der Waals surface area (Å²) < 4.78 is 32.8. The zero-order chi connectivity index (χ0) is 12.4. The number of halogens is 3.